The molecule has 1 aromatic heterocycles. The first kappa shape index (κ1) is 15.9. The zero-order chi connectivity index (χ0) is 17.3. The highest BCUT2D eigenvalue weighted by Gasteiger charge is 2.09. The second kappa shape index (κ2) is 6.23. The molecule has 0 radical (unpaired) electrons. The minimum atomic E-state index is -0.153. The van der Waals surface area contributed by atoms with Crippen LogP contribution in [0.15, 0.2) is 47.3 Å². The van der Waals surface area contributed by atoms with E-state index in [9.17, 15) is 9.59 Å². The number of hydrogen-bond acceptors (Lipinski definition) is 3. The normalized spacial score (nSPS) is 10.8. The van der Waals surface area contributed by atoms with Crippen molar-refractivity contribution in [3.05, 3.63) is 64.1 Å². The number of hydrogen-bond donors (Lipinski definition) is 1. The Labute approximate surface area is 139 Å². The van der Waals surface area contributed by atoms with Gasteiger partial charge in [0.15, 0.2) is 0 Å². The van der Waals surface area contributed by atoms with E-state index in [1.165, 1.54) is 0 Å². The molecule has 6 nitrogen and oxygen atoms in total. The van der Waals surface area contributed by atoms with E-state index in [-0.39, 0.29) is 11.6 Å². The number of aromatic nitrogens is 2. The molecule has 0 aliphatic carbocycles. The molecule has 3 aromatic rings. The molecule has 1 N–H and O–H groups in total. The molecular formula is C18H19N3O3. The number of ether oxygens (including phenoxy) is 1. The summed E-state index contributed by atoms with van der Waals surface area (Å²) in [5, 5.41) is 2.88. The number of aryl methyl sites for hydroxylation is 2. The number of carbonyl (C=O) groups excluding carboxylic acids is 1. The number of methoxy groups -OCH3 is 1. The summed E-state index contributed by atoms with van der Waals surface area (Å²) in [6.07, 6.45) is 0. The summed E-state index contributed by atoms with van der Waals surface area (Å²) in [5.74, 6) is 0.557. The highest BCUT2D eigenvalue weighted by molar-refractivity contribution is 5.94. The van der Waals surface area contributed by atoms with Gasteiger partial charge in [0.2, 0.25) is 0 Å². The fraction of sp³-hybridized carbons (Fsp3) is 0.222. The first-order valence-electron chi connectivity index (χ1n) is 7.58. The van der Waals surface area contributed by atoms with Crippen molar-refractivity contribution < 1.29 is 9.53 Å². The van der Waals surface area contributed by atoms with Gasteiger partial charge in [0.25, 0.3) is 5.91 Å². The van der Waals surface area contributed by atoms with Crippen LogP contribution >= 0.6 is 0 Å². The number of fused-ring (bicyclic) bond motifs is 1. The van der Waals surface area contributed by atoms with E-state index in [2.05, 4.69) is 5.32 Å². The van der Waals surface area contributed by atoms with Crippen molar-refractivity contribution in [3.8, 4) is 5.75 Å². The van der Waals surface area contributed by atoms with Gasteiger partial charge < -0.3 is 10.1 Å². The summed E-state index contributed by atoms with van der Waals surface area (Å²) >= 11 is 0. The summed E-state index contributed by atoms with van der Waals surface area (Å²) in [6, 6.07) is 12.7. The van der Waals surface area contributed by atoms with Gasteiger partial charge in [-0.15, -0.1) is 0 Å². The van der Waals surface area contributed by atoms with E-state index in [1.807, 2.05) is 18.2 Å². The zero-order valence-corrected chi connectivity index (χ0v) is 13.9. The molecule has 2 aromatic carbocycles. The fourth-order valence-corrected chi connectivity index (χ4v) is 2.69. The second-order valence-corrected chi connectivity index (χ2v) is 5.63. The predicted octanol–water partition coefficient (Wildman–Crippen LogP) is 1.82. The monoisotopic (exact) mass is 325 g/mol. The minimum absolute atomic E-state index is 0.0654. The molecule has 0 aliphatic heterocycles. The molecule has 24 heavy (non-hydrogen) atoms. The molecule has 0 aliphatic rings. The largest absolute Gasteiger partial charge is 0.497 e. The molecule has 0 fully saturated rings. The summed E-state index contributed by atoms with van der Waals surface area (Å²) < 4.78 is 8.29. The predicted molar refractivity (Wildman–Crippen MR) is 92.3 cm³/mol. The number of nitrogens with one attached hydrogen (secondary N) is 1. The third-order valence-electron chi connectivity index (χ3n) is 4.14. The Hall–Kier alpha value is -3.02. The number of benzene rings is 2. The quantitative estimate of drug-likeness (QED) is 0.796. The van der Waals surface area contributed by atoms with E-state index < -0.39 is 0 Å². The number of rotatable bonds is 4. The van der Waals surface area contributed by atoms with E-state index >= 15 is 0 Å². The minimum Gasteiger partial charge on any atom is -0.497 e. The van der Waals surface area contributed by atoms with Crippen molar-refractivity contribution in [1.82, 2.24) is 14.5 Å². The molecule has 0 saturated carbocycles. The number of imidazole rings is 1. The Balaban J connectivity index is 1.76. The third-order valence-corrected chi connectivity index (χ3v) is 4.14. The molecule has 3 rings (SSSR count). The lowest BCUT2D eigenvalue weighted by atomic mass is 10.1. The maximum absolute atomic E-state index is 12.2. The maximum atomic E-state index is 12.2. The first-order valence-corrected chi connectivity index (χ1v) is 7.58. The van der Waals surface area contributed by atoms with Crippen molar-refractivity contribution in [2.24, 2.45) is 14.1 Å². The maximum Gasteiger partial charge on any atom is 0.328 e. The van der Waals surface area contributed by atoms with Gasteiger partial charge in [0, 0.05) is 26.2 Å². The second-order valence-electron chi connectivity index (χ2n) is 5.63. The highest BCUT2D eigenvalue weighted by Crippen LogP contribution is 2.15. The average molecular weight is 325 g/mol. The van der Waals surface area contributed by atoms with Crippen LogP contribution < -0.4 is 15.7 Å². The van der Waals surface area contributed by atoms with Crippen molar-refractivity contribution in [3.63, 3.8) is 0 Å². The molecule has 0 atom stereocenters. The van der Waals surface area contributed by atoms with Crippen LogP contribution in [0, 0.1) is 0 Å². The number of carbonyl (C=O) groups is 1. The van der Waals surface area contributed by atoms with E-state index in [0.717, 1.165) is 16.6 Å². The molecule has 0 bridgehead atoms. The molecule has 1 amide bonds. The van der Waals surface area contributed by atoms with Gasteiger partial charge in [-0.1, -0.05) is 6.07 Å². The van der Waals surface area contributed by atoms with E-state index in [0.29, 0.717) is 17.9 Å². The topological polar surface area (TPSA) is 65.3 Å². The van der Waals surface area contributed by atoms with Gasteiger partial charge in [-0.25, -0.2) is 4.79 Å². The highest BCUT2D eigenvalue weighted by atomic mass is 16.5. The average Bonchev–Trinajstić information content (AvgIpc) is 2.84. The molecule has 1 heterocycles. The Kier molecular flexibility index (Phi) is 4.12. The van der Waals surface area contributed by atoms with Crippen LogP contribution in [-0.2, 0) is 20.6 Å². The number of nitrogens with zero attached hydrogens (tertiary/aromatic N) is 2. The smallest absolute Gasteiger partial charge is 0.328 e. The Morgan fingerprint density at radius 1 is 1.04 bits per heavy atom. The third kappa shape index (κ3) is 2.78. The van der Waals surface area contributed by atoms with Crippen LogP contribution in [-0.4, -0.2) is 22.2 Å². The lowest BCUT2D eigenvalue weighted by Crippen LogP contribution is -2.22. The first-order chi connectivity index (χ1) is 11.5. The van der Waals surface area contributed by atoms with Crippen molar-refractivity contribution in [1.29, 1.82) is 0 Å². The van der Waals surface area contributed by atoms with E-state index in [4.69, 9.17) is 4.74 Å². The zero-order valence-electron chi connectivity index (χ0n) is 13.9. The van der Waals surface area contributed by atoms with Crippen LogP contribution in [0.1, 0.15) is 15.9 Å². The van der Waals surface area contributed by atoms with Crippen LogP contribution in [0.5, 0.6) is 5.75 Å². The Morgan fingerprint density at radius 3 is 2.38 bits per heavy atom. The van der Waals surface area contributed by atoms with Gasteiger partial charge in [0.1, 0.15) is 5.75 Å². The van der Waals surface area contributed by atoms with Crippen molar-refractivity contribution in [2.45, 2.75) is 6.54 Å². The SMILES string of the molecule is COc1ccc(C(=O)NCc2ccc3c(c2)n(C)c(=O)n3C)cc1. The van der Waals surface area contributed by atoms with Crippen LogP contribution in [0.4, 0.5) is 0 Å². The standard InChI is InChI=1S/C18H19N3O3/c1-20-15-9-4-12(10-16(15)21(2)18(20)23)11-19-17(22)13-5-7-14(24-3)8-6-13/h4-10H,11H2,1-3H3,(H,19,22). The summed E-state index contributed by atoms with van der Waals surface area (Å²) in [7, 11) is 5.07. The Bertz CT molecular complexity index is 952. The van der Waals surface area contributed by atoms with Gasteiger partial charge >= 0.3 is 5.69 Å². The summed E-state index contributed by atoms with van der Waals surface area (Å²) in [5.41, 5.74) is 3.16. The lowest BCUT2D eigenvalue weighted by molar-refractivity contribution is 0.0951. The molecule has 0 unspecified atom stereocenters. The van der Waals surface area contributed by atoms with Crippen molar-refractivity contribution in [2.75, 3.05) is 7.11 Å². The summed E-state index contributed by atoms with van der Waals surface area (Å²) in [6.45, 7) is 0.393. The number of amides is 1. The summed E-state index contributed by atoms with van der Waals surface area (Å²) in [4.78, 5) is 24.1. The van der Waals surface area contributed by atoms with Gasteiger partial charge in [-0.05, 0) is 42.0 Å². The molecule has 0 spiro atoms. The fourth-order valence-electron chi connectivity index (χ4n) is 2.69. The molecular weight excluding hydrogens is 306 g/mol. The molecule has 6 heteroatoms. The van der Waals surface area contributed by atoms with Gasteiger partial charge in [-0.3, -0.25) is 13.9 Å². The van der Waals surface area contributed by atoms with Gasteiger partial charge in [-0.2, -0.15) is 0 Å². The van der Waals surface area contributed by atoms with Crippen molar-refractivity contribution >= 4 is 16.9 Å². The van der Waals surface area contributed by atoms with E-state index in [1.54, 1.807) is 54.6 Å². The molecule has 124 valence electrons. The Morgan fingerprint density at radius 2 is 1.71 bits per heavy atom. The van der Waals surface area contributed by atoms with Gasteiger partial charge in [0.05, 0.1) is 18.1 Å². The lowest BCUT2D eigenvalue weighted by Gasteiger charge is -2.07. The van der Waals surface area contributed by atoms with Crippen LogP contribution in [0.2, 0.25) is 0 Å². The van der Waals surface area contributed by atoms with Crippen LogP contribution in [0.25, 0.3) is 11.0 Å². The molecule has 0 saturated heterocycles. The van der Waals surface area contributed by atoms with Crippen LogP contribution in [0.3, 0.4) is 0 Å².